The molecular formula is C21H36O2. The van der Waals surface area contributed by atoms with Crippen molar-refractivity contribution in [3.05, 3.63) is 0 Å². The van der Waals surface area contributed by atoms with Gasteiger partial charge in [0.2, 0.25) is 0 Å². The highest BCUT2D eigenvalue weighted by atomic mass is 16.6. The first-order valence-electron chi connectivity index (χ1n) is 10.3. The normalized spacial score (nSPS) is 48.5. The monoisotopic (exact) mass is 320 g/mol. The van der Waals surface area contributed by atoms with Crippen molar-refractivity contribution < 1.29 is 9.47 Å². The van der Waals surface area contributed by atoms with Crippen molar-refractivity contribution in [1.82, 2.24) is 0 Å². The van der Waals surface area contributed by atoms with E-state index in [2.05, 4.69) is 27.7 Å². The van der Waals surface area contributed by atoms with Crippen LogP contribution in [0.2, 0.25) is 0 Å². The van der Waals surface area contributed by atoms with Crippen LogP contribution in [0.1, 0.15) is 91.9 Å². The number of epoxide rings is 2. The SMILES string of the molecule is CCCC(CCC)(C1CCC2OC2(C)C1)C1CCC2OC2(C)C1. The first-order chi connectivity index (χ1) is 11.0. The molecule has 2 heterocycles. The predicted molar refractivity (Wildman–Crippen MR) is 93.5 cm³/mol. The van der Waals surface area contributed by atoms with Crippen molar-refractivity contribution in [2.45, 2.75) is 115 Å². The maximum absolute atomic E-state index is 6.06. The van der Waals surface area contributed by atoms with Crippen LogP contribution in [0.5, 0.6) is 0 Å². The average Bonchev–Trinajstić information content (AvgIpc) is 3.37. The second-order valence-electron chi connectivity index (χ2n) is 9.53. The van der Waals surface area contributed by atoms with Crippen LogP contribution < -0.4 is 0 Å². The van der Waals surface area contributed by atoms with Crippen LogP contribution in [0.15, 0.2) is 0 Å². The Morgan fingerprint density at radius 1 is 0.783 bits per heavy atom. The third kappa shape index (κ3) is 2.59. The summed E-state index contributed by atoms with van der Waals surface area (Å²) < 4.78 is 12.1. The van der Waals surface area contributed by atoms with Crippen molar-refractivity contribution in [3.63, 3.8) is 0 Å². The summed E-state index contributed by atoms with van der Waals surface area (Å²) in [5, 5.41) is 0. The number of rotatable bonds is 6. The molecule has 0 amide bonds. The van der Waals surface area contributed by atoms with Crippen LogP contribution in [0, 0.1) is 17.3 Å². The zero-order chi connectivity index (χ0) is 16.3. The van der Waals surface area contributed by atoms with E-state index in [1.54, 1.807) is 0 Å². The van der Waals surface area contributed by atoms with Gasteiger partial charge in [-0.1, -0.05) is 26.7 Å². The van der Waals surface area contributed by atoms with E-state index in [0.29, 0.717) is 17.6 Å². The van der Waals surface area contributed by atoms with Crippen molar-refractivity contribution in [2.24, 2.45) is 17.3 Å². The second-order valence-corrected chi connectivity index (χ2v) is 9.53. The van der Waals surface area contributed by atoms with Crippen molar-refractivity contribution in [2.75, 3.05) is 0 Å². The summed E-state index contributed by atoms with van der Waals surface area (Å²) in [5.41, 5.74) is 1.00. The molecule has 6 atom stereocenters. The van der Waals surface area contributed by atoms with E-state index >= 15 is 0 Å². The van der Waals surface area contributed by atoms with Gasteiger partial charge >= 0.3 is 0 Å². The third-order valence-electron chi connectivity index (χ3n) is 7.99. The van der Waals surface area contributed by atoms with Gasteiger partial charge in [0.25, 0.3) is 0 Å². The van der Waals surface area contributed by atoms with Crippen molar-refractivity contribution >= 4 is 0 Å². The first kappa shape index (κ1) is 16.4. The lowest BCUT2D eigenvalue weighted by molar-refractivity contribution is -0.00411. The van der Waals surface area contributed by atoms with Gasteiger partial charge < -0.3 is 9.47 Å². The topological polar surface area (TPSA) is 25.1 Å². The van der Waals surface area contributed by atoms with Gasteiger partial charge in [-0.3, -0.25) is 0 Å². The van der Waals surface area contributed by atoms with Gasteiger partial charge in [-0.2, -0.15) is 0 Å². The van der Waals surface area contributed by atoms with E-state index in [4.69, 9.17) is 9.47 Å². The zero-order valence-electron chi connectivity index (χ0n) is 15.7. The standard InChI is InChI=1S/C21H36O2/c1-5-11-21(12-6-2,15-7-9-17-19(3,13-15)22-17)16-8-10-18-20(4,14-16)23-18/h15-18H,5-14H2,1-4H3. The molecule has 132 valence electrons. The fourth-order valence-electron chi connectivity index (χ4n) is 6.74. The molecule has 0 spiro atoms. The Bertz CT molecular complexity index is 419. The van der Waals surface area contributed by atoms with Crippen LogP contribution in [-0.2, 0) is 9.47 Å². The van der Waals surface area contributed by atoms with Crippen molar-refractivity contribution in [3.8, 4) is 0 Å². The van der Waals surface area contributed by atoms with E-state index in [9.17, 15) is 0 Å². The summed E-state index contributed by atoms with van der Waals surface area (Å²) in [6.45, 7) is 9.53. The largest absolute Gasteiger partial charge is 0.366 e. The maximum atomic E-state index is 6.06. The second kappa shape index (κ2) is 5.46. The fourth-order valence-corrected chi connectivity index (χ4v) is 6.74. The smallest absolute Gasteiger partial charge is 0.0923 e. The summed E-state index contributed by atoms with van der Waals surface area (Å²) in [7, 11) is 0. The number of hydrogen-bond acceptors (Lipinski definition) is 2. The highest BCUT2D eigenvalue weighted by molar-refractivity contribution is 5.11. The Hall–Kier alpha value is -0.0800. The third-order valence-corrected chi connectivity index (χ3v) is 7.99. The molecule has 23 heavy (non-hydrogen) atoms. The van der Waals surface area contributed by atoms with Gasteiger partial charge in [0.05, 0.1) is 23.4 Å². The average molecular weight is 321 g/mol. The lowest BCUT2D eigenvalue weighted by Gasteiger charge is -2.50. The molecule has 2 saturated heterocycles. The molecule has 0 radical (unpaired) electrons. The molecule has 4 fully saturated rings. The molecular weight excluding hydrogens is 284 g/mol. The van der Waals surface area contributed by atoms with E-state index in [-0.39, 0.29) is 11.2 Å². The quantitative estimate of drug-likeness (QED) is 0.605. The van der Waals surface area contributed by atoms with Crippen LogP contribution in [0.4, 0.5) is 0 Å². The highest BCUT2D eigenvalue weighted by Crippen LogP contribution is 2.62. The van der Waals surface area contributed by atoms with Gasteiger partial charge in [0, 0.05) is 0 Å². The number of fused-ring (bicyclic) bond motifs is 2. The molecule has 2 nitrogen and oxygen atoms in total. The van der Waals surface area contributed by atoms with Gasteiger partial charge in [0.15, 0.2) is 0 Å². The Morgan fingerprint density at radius 2 is 1.22 bits per heavy atom. The fraction of sp³-hybridized carbons (Fsp3) is 1.00. The molecule has 0 aromatic carbocycles. The Labute approximate surface area is 142 Å². The summed E-state index contributed by atoms with van der Waals surface area (Å²) in [6, 6.07) is 0. The van der Waals surface area contributed by atoms with Gasteiger partial charge in [-0.05, 0) is 82.5 Å². The molecule has 2 aliphatic carbocycles. The Balaban J connectivity index is 1.60. The van der Waals surface area contributed by atoms with Gasteiger partial charge in [-0.25, -0.2) is 0 Å². The van der Waals surface area contributed by atoms with Crippen LogP contribution in [0.25, 0.3) is 0 Å². The molecule has 0 aromatic rings. The summed E-state index contributed by atoms with van der Waals surface area (Å²) in [5.74, 6) is 1.74. The van der Waals surface area contributed by atoms with Crippen molar-refractivity contribution in [1.29, 1.82) is 0 Å². The molecule has 0 aromatic heterocycles. The molecule has 6 unspecified atom stereocenters. The molecule has 0 N–H and O–H groups in total. The summed E-state index contributed by atoms with van der Waals surface area (Å²) in [6.07, 6.45) is 14.7. The van der Waals surface area contributed by atoms with E-state index in [1.807, 2.05) is 0 Å². The van der Waals surface area contributed by atoms with E-state index in [1.165, 1.54) is 64.2 Å². The minimum atomic E-state index is 0.229. The maximum Gasteiger partial charge on any atom is 0.0923 e. The minimum Gasteiger partial charge on any atom is -0.366 e. The minimum absolute atomic E-state index is 0.229. The first-order valence-corrected chi connectivity index (χ1v) is 10.3. The highest BCUT2D eigenvalue weighted by Gasteiger charge is 2.62. The van der Waals surface area contributed by atoms with Crippen LogP contribution in [-0.4, -0.2) is 23.4 Å². The lowest BCUT2D eigenvalue weighted by atomic mass is 9.53. The van der Waals surface area contributed by atoms with E-state index < -0.39 is 0 Å². The van der Waals surface area contributed by atoms with Crippen LogP contribution >= 0.6 is 0 Å². The van der Waals surface area contributed by atoms with Crippen LogP contribution in [0.3, 0.4) is 0 Å². The molecule has 2 heteroatoms. The Kier molecular flexibility index (Phi) is 3.89. The zero-order valence-corrected chi connectivity index (χ0v) is 15.7. The summed E-state index contributed by atoms with van der Waals surface area (Å²) >= 11 is 0. The molecule has 2 aliphatic heterocycles. The molecule has 4 rings (SSSR count). The molecule has 4 aliphatic rings. The van der Waals surface area contributed by atoms with Gasteiger partial charge in [-0.15, -0.1) is 0 Å². The predicted octanol–water partition coefficient (Wildman–Crippen LogP) is 5.49. The summed E-state index contributed by atoms with van der Waals surface area (Å²) in [4.78, 5) is 0. The lowest BCUT2D eigenvalue weighted by Crippen LogP contribution is -2.45. The van der Waals surface area contributed by atoms with Gasteiger partial charge in [0.1, 0.15) is 0 Å². The number of hydrogen-bond donors (Lipinski definition) is 0. The Morgan fingerprint density at radius 3 is 1.57 bits per heavy atom. The molecule has 2 saturated carbocycles. The number of ether oxygens (including phenoxy) is 2. The molecule has 0 bridgehead atoms. The van der Waals surface area contributed by atoms with E-state index in [0.717, 1.165) is 11.8 Å².